The topological polar surface area (TPSA) is 43.4 Å². The number of nitrogens with zero attached hydrogens (tertiary/aromatic N) is 1. The zero-order valence-electron chi connectivity index (χ0n) is 12.5. The average molecular weight is 266 g/mol. The second kappa shape index (κ2) is 8.12. The van der Waals surface area contributed by atoms with E-state index in [4.69, 9.17) is 9.47 Å². The summed E-state index contributed by atoms with van der Waals surface area (Å²) in [4.78, 5) is 4.32. The van der Waals surface area contributed by atoms with Crippen LogP contribution in [0.15, 0.2) is 18.3 Å². The second-order valence-corrected chi connectivity index (χ2v) is 5.22. The monoisotopic (exact) mass is 266 g/mol. The molecule has 0 saturated heterocycles. The van der Waals surface area contributed by atoms with Gasteiger partial charge in [-0.2, -0.15) is 0 Å². The standard InChI is InChI=1S/C15H26N2O2/c1-5-8-16-12-13-11-14(6-9-17-13)19-10-7-15(2,3)18-4/h6,9,11,16H,5,7-8,10,12H2,1-4H3. The summed E-state index contributed by atoms with van der Waals surface area (Å²) in [5, 5.41) is 3.33. The lowest BCUT2D eigenvalue weighted by Crippen LogP contribution is -2.25. The van der Waals surface area contributed by atoms with E-state index >= 15 is 0 Å². The van der Waals surface area contributed by atoms with E-state index in [0.29, 0.717) is 6.61 Å². The lowest BCUT2D eigenvalue weighted by Gasteiger charge is -2.22. The minimum absolute atomic E-state index is 0.140. The molecule has 19 heavy (non-hydrogen) atoms. The predicted molar refractivity (Wildman–Crippen MR) is 77.4 cm³/mol. The maximum absolute atomic E-state index is 5.74. The Bertz CT molecular complexity index is 367. The summed E-state index contributed by atoms with van der Waals surface area (Å²) in [6.07, 6.45) is 3.78. The average Bonchev–Trinajstić information content (AvgIpc) is 2.39. The number of pyridine rings is 1. The number of hydrogen-bond acceptors (Lipinski definition) is 4. The molecule has 0 fully saturated rings. The largest absolute Gasteiger partial charge is 0.493 e. The van der Waals surface area contributed by atoms with Crippen LogP contribution in [0.5, 0.6) is 5.75 Å². The van der Waals surface area contributed by atoms with Crippen molar-refractivity contribution in [1.82, 2.24) is 10.3 Å². The van der Waals surface area contributed by atoms with E-state index in [1.807, 2.05) is 12.1 Å². The molecule has 1 aromatic heterocycles. The molecule has 1 heterocycles. The Morgan fingerprint density at radius 3 is 2.84 bits per heavy atom. The first-order valence-corrected chi connectivity index (χ1v) is 6.91. The van der Waals surface area contributed by atoms with Gasteiger partial charge in [-0.3, -0.25) is 4.98 Å². The summed E-state index contributed by atoms with van der Waals surface area (Å²) in [7, 11) is 1.73. The summed E-state index contributed by atoms with van der Waals surface area (Å²) >= 11 is 0. The zero-order valence-corrected chi connectivity index (χ0v) is 12.5. The van der Waals surface area contributed by atoms with E-state index < -0.39 is 0 Å². The fraction of sp³-hybridized carbons (Fsp3) is 0.667. The van der Waals surface area contributed by atoms with Crippen LogP contribution in [0.2, 0.25) is 0 Å². The van der Waals surface area contributed by atoms with Gasteiger partial charge in [-0.1, -0.05) is 6.92 Å². The Morgan fingerprint density at radius 2 is 2.16 bits per heavy atom. The summed E-state index contributed by atoms with van der Waals surface area (Å²) in [5.41, 5.74) is 0.871. The number of aromatic nitrogens is 1. The van der Waals surface area contributed by atoms with Crippen molar-refractivity contribution in [2.75, 3.05) is 20.3 Å². The minimum Gasteiger partial charge on any atom is -0.493 e. The van der Waals surface area contributed by atoms with Crippen molar-refractivity contribution in [3.05, 3.63) is 24.0 Å². The third-order valence-electron chi connectivity index (χ3n) is 3.05. The molecule has 0 aliphatic carbocycles. The first kappa shape index (κ1) is 15.9. The lowest BCUT2D eigenvalue weighted by atomic mass is 10.1. The van der Waals surface area contributed by atoms with E-state index in [1.165, 1.54) is 0 Å². The predicted octanol–water partition coefficient (Wildman–Crippen LogP) is 2.78. The minimum atomic E-state index is -0.140. The first-order valence-electron chi connectivity index (χ1n) is 6.91. The molecule has 0 atom stereocenters. The highest BCUT2D eigenvalue weighted by Gasteiger charge is 2.15. The van der Waals surface area contributed by atoms with Crippen molar-refractivity contribution in [2.24, 2.45) is 0 Å². The highest BCUT2D eigenvalue weighted by Crippen LogP contribution is 2.16. The van der Waals surface area contributed by atoms with Crippen LogP contribution in [0, 0.1) is 0 Å². The molecule has 108 valence electrons. The smallest absolute Gasteiger partial charge is 0.122 e. The molecular formula is C15H26N2O2. The summed E-state index contributed by atoms with van der Waals surface area (Å²) in [6, 6.07) is 3.88. The van der Waals surface area contributed by atoms with E-state index in [9.17, 15) is 0 Å². The van der Waals surface area contributed by atoms with Gasteiger partial charge in [-0.25, -0.2) is 0 Å². The third kappa shape index (κ3) is 6.55. The van der Waals surface area contributed by atoms with Crippen LogP contribution in [0.1, 0.15) is 39.3 Å². The van der Waals surface area contributed by atoms with Gasteiger partial charge >= 0.3 is 0 Å². The Morgan fingerprint density at radius 1 is 1.37 bits per heavy atom. The molecule has 1 aromatic rings. The Hall–Kier alpha value is -1.13. The normalized spacial score (nSPS) is 11.6. The maximum Gasteiger partial charge on any atom is 0.122 e. The molecule has 0 aromatic carbocycles. The van der Waals surface area contributed by atoms with Crippen LogP contribution in [0.3, 0.4) is 0 Å². The zero-order chi connectivity index (χ0) is 14.1. The van der Waals surface area contributed by atoms with E-state index in [2.05, 4.69) is 31.1 Å². The molecule has 0 amide bonds. The fourth-order valence-electron chi connectivity index (χ4n) is 1.55. The van der Waals surface area contributed by atoms with E-state index in [1.54, 1.807) is 13.3 Å². The number of hydrogen-bond donors (Lipinski definition) is 1. The van der Waals surface area contributed by atoms with Gasteiger partial charge < -0.3 is 14.8 Å². The van der Waals surface area contributed by atoms with Gasteiger partial charge in [0.05, 0.1) is 17.9 Å². The van der Waals surface area contributed by atoms with Crippen LogP contribution in [-0.2, 0) is 11.3 Å². The molecule has 4 heteroatoms. The lowest BCUT2D eigenvalue weighted by molar-refractivity contribution is 0.00544. The number of methoxy groups -OCH3 is 1. The van der Waals surface area contributed by atoms with E-state index in [0.717, 1.165) is 37.4 Å². The van der Waals surface area contributed by atoms with Gasteiger partial charge in [0.1, 0.15) is 5.75 Å². The fourth-order valence-corrected chi connectivity index (χ4v) is 1.55. The van der Waals surface area contributed by atoms with Gasteiger partial charge in [0, 0.05) is 32.3 Å². The molecule has 0 spiro atoms. The third-order valence-corrected chi connectivity index (χ3v) is 3.05. The second-order valence-electron chi connectivity index (χ2n) is 5.22. The van der Waals surface area contributed by atoms with Crippen LogP contribution in [-0.4, -0.2) is 30.8 Å². The molecule has 0 saturated carbocycles. The van der Waals surface area contributed by atoms with Crippen molar-refractivity contribution in [3.8, 4) is 5.75 Å². The highest BCUT2D eigenvalue weighted by molar-refractivity contribution is 5.22. The Balaban J connectivity index is 2.39. The van der Waals surface area contributed by atoms with Gasteiger partial charge in [-0.15, -0.1) is 0 Å². The molecule has 0 aliphatic heterocycles. The summed E-state index contributed by atoms with van der Waals surface area (Å²) in [5.74, 6) is 0.871. The maximum atomic E-state index is 5.74. The number of nitrogens with one attached hydrogen (secondary N) is 1. The molecule has 0 bridgehead atoms. The van der Waals surface area contributed by atoms with E-state index in [-0.39, 0.29) is 5.60 Å². The Labute approximate surface area is 116 Å². The van der Waals surface area contributed by atoms with Crippen molar-refractivity contribution >= 4 is 0 Å². The molecular weight excluding hydrogens is 240 g/mol. The number of ether oxygens (including phenoxy) is 2. The Kier molecular flexibility index (Phi) is 6.81. The SMILES string of the molecule is CCCNCc1cc(OCCC(C)(C)OC)ccn1. The van der Waals surface area contributed by atoms with Crippen molar-refractivity contribution in [3.63, 3.8) is 0 Å². The van der Waals surface area contributed by atoms with Gasteiger partial charge in [-0.05, 0) is 32.9 Å². The summed E-state index contributed by atoms with van der Waals surface area (Å²) < 4.78 is 11.1. The molecule has 0 unspecified atom stereocenters. The molecule has 1 rings (SSSR count). The molecule has 0 aliphatic rings. The quantitative estimate of drug-likeness (QED) is 0.698. The molecule has 4 nitrogen and oxygen atoms in total. The molecule has 1 N–H and O–H groups in total. The van der Waals surface area contributed by atoms with Crippen molar-refractivity contribution in [1.29, 1.82) is 0 Å². The van der Waals surface area contributed by atoms with Gasteiger partial charge in [0.2, 0.25) is 0 Å². The highest BCUT2D eigenvalue weighted by atomic mass is 16.5. The number of rotatable bonds is 9. The van der Waals surface area contributed by atoms with Crippen molar-refractivity contribution < 1.29 is 9.47 Å². The van der Waals surface area contributed by atoms with Gasteiger partial charge in [0.25, 0.3) is 0 Å². The van der Waals surface area contributed by atoms with Crippen LogP contribution >= 0.6 is 0 Å². The first-order chi connectivity index (χ1) is 9.07. The van der Waals surface area contributed by atoms with Crippen LogP contribution in [0.25, 0.3) is 0 Å². The van der Waals surface area contributed by atoms with Crippen molar-refractivity contribution in [2.45, 2.75) is 45.8 Å². The summed E-state index contributed by atoms with van der Waals surface area (Å²) in [6.45, 7) is 8.71. The van der Waals surface area contributed by atoms with Gasteiger partial charge in [0.15, 0.2) is 0 Å². The van der Waals surface area contributed by atoms with Crippen LogP contribution < -0.4 is 10.1 Å². The molecule has 0 radical (unpaired) electrons. The van der Waals surface area contributed by atoms with Crippen LogP contribution in [0.4, 0.5) is 0 Å².